The summed E-state index contributed by atoms with van der Waals surface area (Å²) in [6.07, 6.45) is 0. The Labute approximate surface area is 434 Å². The van der Waals surface area contributed by atoms with Gasteiger partial charge >= 0.3 is 0 Å². The molecule has 0 radical (unpaired) electrons. The van der Waals surface area contributed by atoms with Crippen LogP contribution in [-0.4, -0.2) is 14.5 Å². The molecule has 0 spiro atoms. The van der Waals surface area contributed by atoms with Gasteiger partial charge in [0.2, 0.25) is 0 Å². The molecule has 75 heavy (non-hydrogen) atoms. The SMILES string of the molecule is N#Cc1ccc(N(c2ccccc2)c2ccc3c(c2)c2cc(N(c4ccccc4)c4ccc(C#N)cc4)ccc2n3-c2ccc(-c3ccc(-c4cc(-c5ccccc5)nc(-c5ccccc5)n4)cc3)c(C#N)c2)cc1. The van der Waals surface area contributed by atoms with Crippen molar-refractivity contribution < 1.29 is 0 Å². The van der Waals surface area contributed by atoms with E-state index >= 15 is 0 Å². The molecule has 0 atom stereocenters. The van der Waals surface area contributed by atoms with Crippen LogP contribution in [-0.2, 0) is 0 Å². The minimum absolute atomic E-state index is 0.537. The lowest BCUT2D eigenvalue weighted by atomic mass is 9.97. The van der Waals surface area contributed by atoms with Gasteiger partial charge in [0.05, 0.1) is 57.3 Å². The molecule has 0 saturated heterocycles. The fourth-order valence-electron chi connectivity index (χ4n) is 9.88. The second-order valence-electron chi connectivity index (χ2n) is 18.0. The third-order valence-electron chi connectivity index (χ3n) is 13.5. The standard InChI is InChI=1S/C67H42N8/c68-43-46-21-29-55(30-22-46)73(53-17-9-3-10-18-53)58-34-37-65-61(40-58)62-41-59(74(54-19-11-4-12-20-54)56-31-23-47(44-69)24-32-56)35-38-66(62)75(65)57-33-36-60(52(39-57)45-70)48-25-27-50(28-26-48)64-42-63(49-13-5-1-6-14-49)71-67(72-64)51-15-7-2-8-16-51/h1-42H. The van der Waals surface area contributed by atoms with Crippen LogP contribution >= 0.6 is 0 Å². The van der Waals surface area contributed by atoms with Gasteiger partial charge in [0.25, 0.3) is 0 Å². The van der Waals surface area contributed by atoms with Gasteiger partial charge in [0, 0.05) is 67.3 Å². The van der Waals surface area contributed by atoms with Crippen LogP contribution < -0.4 is 9.80 Å². The van der Waals surface area contributed by atoms with Crippen molar-refractivity contribution >= 4 is 55.9 Å². The van der Waals surface area contributed by atoms with Crippen LogP contribution in [0.4, 0.5) is 34.1 Å². The van der Waals surface area contributed by atoms with Crippen molar-refractivity contribution in [2.75, 3.05) is 9.80 Å². The van der Waals surface area contributed by atoms with E-state index in [2.05, 4.69) is 136 Å². The molecule has 0 aliphatic rings. The topological polar surface area (TPSA) is 109 Å². The van der Waals surface area contributed by atoms with E-state index in [1.165, 1.54) is 0 Å². The summed E-state index contributed by atoms with van der Waals surface area (Å²) in [5, 5.41) is 32.3. The number of anilines is 6. The number of nitriles is 3. The Hall–Kier alpha value is -10.9. The highest BCUT2D eigenvalue weighted by molar-refractivity contribution is 6.12. The lowest BCUT2D eigenvalue weighted by Crippen LogP contribution is -2.10. The summed E-state index contributed by atoms with van der Waals surface area (Å²) in [6, 6.07) is 92.3. The highest BCUT2D eigenvalue weighted by atomic mass is 15.1. The van der Waals surface area contributed by atoms with E-state index < -0.39 is 0 Å². The van der Waals surface area contributed by atoms with Gasteiger partial charge in [-0.2, -0.15) is 15.8 Å². The average molecular weight is 959 g/mol. The molecule has 0 aliphatic carbocycles. The van der Waals surface area contributed by atoms with Gasteiger partial charge in [-0.05, 0) is 139 Å². The van der Waals surface area contributed by atoms with Crippen LogP contribution in [0.3, 0.4) is 0 Å². The molecule has 0 fully saturated rings. The number of aromatic nitrogens is 3. The normalized spacial score (nSPS) is 10.9. The predicted octanol–water partition coefficient (Wildman–Crippen LogP) is 16.8. The fraction of sp³-hybridized carbons (Fsp3) is 0. The minimum Gasteiger partial charge on any atom is -0.310 e. The van der Waals surface area contributed by atoms with Crippen molar-refractivity contribution in [3.63, 3.8) is 0 Å². The van der Waals surface area contributed by atoms with E-state index in [-0.39, 0.29) is 0 Å². The summed E-state index contributed by atoms with van der Waals surface area (Å²) in [7, 11) is 0. The molecule has 0 saturated carbocycles. The molecule has 0 aliphatic heterocycles. The highest BCUT2D eigenvalue weighted by Gasteiger charge is 2.21. The molecule has 0 amide bonds. The Bertz CT molecular complexity index is 3960. The quantitative estimate of drug-likeness (QED) is 0.127. The molecule has 12 rings (SSSR count). The molecule has 2 aromatic heterocycles. The zero-order valence-corrected chi connectivity index (χ0v) is 40.3. The molecular weight excluding hydrogens is 917 g/mol. The van der Waals surface area contributed by atoms with E-state index in [9.17, 15) is 15.8 Å². The van der Waals surface area contributed by atoms with Crippen molar-refractivity contribution in [1.82, 2.24) is 14.5 Å². The van der Waals surface area contributed by atoms with Crippen molar-refractivity contribution in [3.05, 3.63) is 271 Å². The summed E-state index contributed by atoms with van der Waals surface area (Å²) in [4.78, 5) is 14.4. The Morgan fingerprint density at radius 2 is 0.747 bits per heavy atom. The molecule has 350 valence electrons. The second-order valence-corrected chi connectivity index (χ2v) is 18.0. The first-order valence-corrected chi connectivity index (χ1v) is 24.5. The van der Waals surface area contributed by atoms with E-state index in [0.717, 1.165) is 101 Å². The number of rotatable bonds is 11. The van der Waals surface area contributed by atoms with Gasteiger partial charge < -0.3 is 14.4 Å². The maximum Gasteiger partial charge on any atom is 0.160 e. The Balaban J connectivity index is 0.990. The molecule has 0 N–H and O–H groups in total. The van der Waals surface area contributed by atoms with Crippen molar-refractivity contribution in [2.24, 2.45) is 0 Å². The van der Waals surface area contributed by atoms with Crippen molar-refractivity contribution in [2.45, 2.75) is 0 Å². The molecule has 0 unspecified atom stereocenters. The minimum atomic E-state index is 0.537. The van der Waals surface area contributed by atoms with E-state index in [0.29, 0.717) is 22.5 Å². The van der Waals surface area contributed by atoms with E-state index in [1.807, 2.05) is 152 Å². The lowest BCUT2D eigenvalue weighted by Gasteiger charge is -2.26. The van der Waals surface area contributed by atoms with Gasteiger partial charge in [-0.3, -0.25) is 0 Å². The lowest BCUT2D eigenvalue weighted by molar-refractivity contribution is 1.17. The number of fused-ring (bicyclic) bond motifs is 3. The van der Waals surface area contributed by atoms with Crippen LogP contribution in [0.25, 0.3) is 72.5 Å². The van der Waals surface area contributed by atoms with E-state index in [4.69, 9.17) is 9.97 Å². The predicted molar refractivity (Wildman–Crippen MR) is 302 cm³/mol. The number of hydrogen-bond acceptors (Lipinski definition) is 7. The van der Waals surface area contributed by atoms with Crippen molar-refractivity contribution in [3.8, 4) is 68.9 Å². The van der Waals surface area contributed by atoms with Gasteiger partial charge in [0.1, 0.15) is 0 Å². The summed E-state index contributed by atoms with van der Waals surface area (Å²) >= 11 is 0. The average Bonchev–Trinajstić information content (AvgIpc) is 3.82. The van der Waals surface area contributed by atoms with Crippen LogP contribution in [0.15, 0.2) is 255 Å². The Morgan fingerprint density at radius 1 is 0.333 bits per heavy atom. The van der Waals surface area contributed by atoms with Gasteiger partial charge in [-0.25, -0.2) is 9.97 Å². The first kappa shape index (κ1) is 45.3. The molecule has 0 bridgehead atoms. The second kappa shape index (κ2) is 19.7. The largest absolute Gasteiger partial charge is 0.310 e. The number of hydrogen-bond donors (Lipinski definition) is 0. The molecule has 8 heteroatoms. The first-order chi connectivity index (χ1) is 37.0. The summed E-state index contributed by atoms with van der Waals surface area (Å²) in [6.45, 7) is 0. The van der Waals surface area contributed by atoms with Gasteiger partial charge in [0.15, 0.2) is 5.82 Å². The maximum absolute atomic E-state index is 10.9. The van der Waals surface area contributed by atoms with Crippen LogP contribution in [0.1, 0.15) is 16.7 Å². The molecule has 2 heterocycles. The number of nitrogens with zero attached hydrogens (tertiary/aromatic N) is 8. The van der Waals surface area contributed by atoms with Crippen LogP contribution in [0, 0.1) is 34.0 Å². The third kappa shape index (κ3) is 8.76. The Kier molecular flexibility index (Phi) is 11.9. The first-order valence-electron chi connectivity index (χ1n) is 24.5. The van der Waals surface area contributed by atoms with Crippen LogP contribution in [0.5, 0.6) is 0 Å². The zero-order chi connectivity index (χ0) is 50.7. The number of benzene rings is 10. The summed E-state index contributed by atoms with van der Waals surface area (Å²) in [5.41, 5.74) is 16.3. The molecule has 12 aromatic rings. The molecule has 8 nitrogen and oxygen atoms in total. The Morgan fingerprint density at radius 3 is 1.21 bits per heavy atom. The monoisotopic (exact) mass is 958 g/mol. The molecule has 10 aromatic carbocycles. The third-order valence-corrected chi connectivity index (χ3v) is 13.5. The van der Waals surface area contributed by atoms with Crippen molar-refractivity contribution in [1.29, 1.82) is 15.8 Å². The highest BCUT2D eigenvalue weighted by Crippen LogP contribution is 2.43. The van der Waals surface area contributed by atoms with E-state index in [1.54, 1.807) is 0 Å². The smallest absolute Gasteiger partial charge is 0.160 e. The fourth-order valence-corrected chi connectivity index (χ4v) is 9.88. The maximum atomic E-state index is 10.9. The number of para-hydroxylation sites is 2. The van der Waals surface area contributed by atoms with Gasteiger partial charge in [-0.15, -0.1) is 0 Å². The van der Waals surface area contributed by atoms with Gasteiger partial charge in [-0.1, -0.05) is 127 Å². The summed E-state index contributed by atoms with van der Waals surface area (Å²) in [5.74, 6) is 0.649. The van der Waals surface area contributed by atoms with Crippen LogP contribution in [0.2, 0.25) is 0 Å². The zero-order valence-electron chi connectivity index (χ0n) is 40.3. The summed E-state index contributed by atoms with van der Waals surface area (Å²) < 4.78 is 2.23. The molecular formula is C67H42N8.